The maximum Gasteiger partial charge on any atom is 0.348 e. The molecule has 1 amide bonds. The number of rotatable bonds is 14. The van der Waals surface area contributed by atoms with E-state index in [0.717, 1.165) is 53.1 Å². The van der Waals surface area contributed by atoms with Crippen molar-refractivity contribution in [3.8, 4) is 5.75 Å². The molecule has 0 bridgehead atoms. The van der Waals surface area contributed by atoms with Crippen molar-refractivity contribution in [2.24, 2.45) is 0 Å². The Morgan fingerprint density at radius 1 is 1.05 bits per heavy atom. The number of ether oxygens (including phenoxy) is 3. The first-order valence-corrected chi connectivity index (χ1v) is 14.8. The molecule has 6 nitrogen and oxygen atoms in total. The molecule has 1 saturated heterocycles. The zero-order valence-corrected chi connectivity index (χ0v) is 24.5. The van der Waals surface area contributed by atoms with E-state index < -0.39 is 0 Å². The van der Waals surface area contributed by atoms with Crippen LogP contribution in [0.25, 0.3) is 0 Å². The molecule has 0 spiro atoms. The van der Waals surface area contributed by atoms with Gasteiger partial charge >= 0.3 is 5.97 Å². The van der Waals surface area contributed by atoms with Gasteiger partial charge in [0.05, 0.1) is 33.0 Å². The summed E-state index contributed by atoms with van der Waals surface area (Å²) in [6.45, 7) is 2.74. The van der Waals surface area contributed by atoms with Crippen LogP contribution in [0.3, 0.4) is 0 Å². The number of carbonyl (C=O) groups is 2. The quantitative estimate of drug-likeness (QED) is 0.115. The Kier molecular flexibility index (Phi) is 11.0. The molecule has 3 aromatic rings. The molecule has 2 heterocycles. The maximum absolute atomic E-state index is 12.8. The fourth-order valence-corrected chi connectivity index (χ4v) is 5.86. The summed E-state index contributed by atoms with van der Waals surface area (Å²) < 4.78 is 16.5. The van der Waals surface area contributed by atoms with Crippen molar-refractivity contribution < 1.29 is 23.8 Å². The summed E-state index contributed by atoms with van der Waals surface area (Å²) >= 11 is 1.44. The number of hydrogen-bond acceptors (Lipinski definition) is 6. The van der Waals surface area contributed by atoms with E-state index >= 15 is 0 Å². The van der Waals surface area contributed by atoms with E-state index in [1.807, 2.05) is 47.4 Å². The van der Waals surface area contributed by atoms with Crippen molar-refractivity contribution >= 4 is 28.9 Å². The second-order valence-electron chi connectivity index (χ2n) is 9.99. The number of nitrogens with zero attached hydrogens (tertiary/aromatic N) is 1. The zero-order valence-electron chi connectivity index (χ0n) is 23.6. The third-order valence-corrected chi connectivity index (χ3v) is 8.29. The Morgan fingerprint density at radius 2 is 1.82 bits per heavy atom. The molecule has 2 aromatic carbocycles. The largest absolute Gasteiger partial charge is 0.497 e. The van der Waals surface area contributed by atoms with Gasteiger partial charge in [0, 0.05) is 17.0 Å². The van der Waals surface area contributed by atoms with E-state index in [-0.39, 0.29) is 24.0 Å². The highest BCUT2D eigenvalue weighted by atomic mass is 32.1. The van der Waals surface area contributed by atoms with Crippen molar-refractivity contribution in [3.63, 3.8) is 0 Å². The van der Waals surface area contributed by atoms with Crippen LogP contribution in [0.5, 0.6) is 5.75 Å². The highest BCUT2D eigenvalue weighted by Crippen LogP contribution is 2.31. The number of esters is 1. The summed E-state index contributed by atoms with van der Waals surface area (Å²) in [5.41, 5.74) is 3.15. The van der Waals surface area contributed by atoms with Crippen LogP contribution in [0.4, 0.5) is 5.69 Å². The molecule has 2 unspecified atom stereocenters. The average molecular weight is 562 g/mol. The second-order valence-corrected chi connectivity index (χ2v) is 11.2. The Hall–Kier alpha value is -3.42. The van der Waals surface area contributed by atoms with Crippen molar-refractivity contribution in [1.29, 1.82) is 0 Å². The number of carbonyl (C=O) groups excluding carboxylic acids is 2. The lowest BCUT2D eigenvalue weighted by molar-refractivity contribution is -0.117. The van der Waals surface area contributed by atoms with Crippen LogP contribution in [-0.4, -0.2) is 32.1 Å². The number of hydrogen-bond donors (Lipinski definition) is 0. The topological polar surface area (TPSA) is 65.1 Å². The van der Waals surface area contributed by atoms with Crippen LogP contribution in [-0.2, 0) is 27.3 Å². The van der Waals surface area contributed by atoms with Gasteiger partial charge in [-0.05, 0) is 66.8 Å². The zero-order chi connectivity index (χ0) is 28.3. The van der Waals surface area contributed by atoms with E-state index in [9.17, 15) is 9.59 Å². The predicted octanol–water partition coefficient (Wildman–Crippen LogP) is 7.68. The van der Waals surface area contributed by atoms with Gasteiger partial charge in [-0.25, -0.2) is 4.79 Å². The van der Waals surface area contributed by atoms with Gasteiger partial charge in [-0.15, -0.1) is 11.3 Å². The molecule has 0 radical (unpaired) electrons. The van der Waals surface area contributed by atoms with Crippen molar-refractivity contribution in [2.45, 2.75) is 70.6 Å². The minimum Gasteiger partial charge on any atom is -0.497 e. The lowest BCUT2D eigenvalue weighted by atomic mass is 10.0. The fourth-order valence-electron chi connectivity index (χ4n) is 4.96. The molecular formula is C33H39NO5S. The van der Waals surface area contributed by atoms with Crippen LogP contribution >= 0.6 is 11.3 Å². The monoisotopic (exact) mass is 561 g/mol. The third-order valence-electron chi connectivity index (χ3n) is 7.20. The highest BCUT2D eigenvalue weighted by Gasteiger charge is 2.30. The molecule has 40 heavy (non-hydrogen) atoms. The van der Waals surface area contributed by atoms with Gasteiger partial charge in [0.1, 0.15) is 10.6 Å². The van der Waals surface area contributed by atoms with Gasteiger partial charge in [-0.3, -0.25) is 4.79 Å². The Bertz CT molecular complexity index is 1260. The molecule has 0 saturated carbocycles. The van der Waals surface area contributed by atoms with Crippen LogP contribution in [0.15, 0.2) is 72.8 Å². The predicted molar refractivity (Wildman–Crippen MR) is 160 cm³/mol. The van der Waals surface area contributed by atoms with E-state index in [1.165, 1.54) is 24.9 Å². The summed E-state index contributed by atoms with van der Waals surface area (Å²) in [6.07, 6.45) is 10.6. The van der Waals surface area contributed by atoms with E-state index in [4.69, 9.17) is 14.2 Å². The van der Waals surface area contributed by atoms with Crippen molar-refractivity contribution in [1.82, 2.24) is 0 Å². The van der Waals surface area contributed by atoms with Gasteiger partial charge in [0.2, 0.25) is 5.91 Å². The number of benzene rings is 2. The molecule has 212 valence electrons. The molecule has 1 aliphatic rings. The SMILES string of the molecule is CCCCCC(OCc1ccc(OC)cc1)c1ccc(N2C(=O)CCC2/C=C/Cc2ccc(C(=O)OC)s2)cc1. The summed E-state index contributed by atoms with van der Waals surface area (Å²) in [5.74, 6) is 0.666. The lowest BCUT2D eigenvalue weighted by Crippen LogP contribution is -2.31. The number of unbranched alkanes of at least 4 members (excludes halogenated alkanes) is 2. The van der Waals surface area contributed by atoms with Crippen LogP contribution in [0.2, 0.25) is 0 Å². The smallest absolute Gasteiger partial charge is 0.348 e. The third kappa shape index (κ3) is 7.83. The molecule has 7 heteroatoms. The van der Waals surface area contributed by atoms with Crippen LogP contribution < -0.4 is 9.64 Å². The number of methoxy groups -OCH3 is 2. The molecule has 0 aliphatic carbocycles. The average Bonchev–Trinajstić information content (AvgIpc) is 3.61. The number of anilines is 1. The summed E-state index contributed by atoms with van der Waals surface area (Å²) in [5, 5.41) is 0. The number of allylic oxidation sites excluding steroid dienone is 1. The van der Waals surface area contributed by atoms with E-state index in [2.05, 4.69) is 31.2 Å². The van der Waals surface area contributed by atoms with Crippen LogP contribution in [0, 0.1) is 0 Å². The van der Waals surface area contributed by atoms with Crippen LogP contribution in [0.1, 0.15) is 77.2 Å². The minimum atomic E-state index is -0.310. The molecule has 4 rings (SSSR count). The molecule has 1 fully saturated rings. The first-order valence-electron chi connectivity index (χ1n) is 14.0. The Labute approximate surface area is 241 Å². The molecule has 2 atom stereocenters. The van der Waals surface area contributed by atoms with Gasteiger partial charge in [-0.1, -0.05) is 62.6 Å². The van der Waals surface area contributed by atoms with E-state index in [1.54, 1.807) is 13.2 Å². The first kappa shape index (κ1) is 29.6. The lowest BCUT2D eigenvalue weighted by Gasteiger charge is -2.24. The maximum atomic E-state index is 12.8. The Balaban J connectivity index is 1.41. The van der Waals surface area contributed by atoms with Gasteiger partial charge in [0.15, 0.2) is 0 Å². The molecular weight excluding hydrogens is 522 g/mol. The standard InChI is InChI=1S/C33H39NO5S/c1-4-5-6-10-30(39-23-24-11-18-28(37-2)19-12-24)25-13-15-27(16-14-25)34-26(17-22-32(34)35)8-7-9-29-20-21-31(40-29)33(36)38-3/h7-8,11-16,18-21,26,30H,4-6,9-10,17,22-23H2,1-3H3/b8-7+. The summed E-state index contributed by atoms with van der Waals surface area (Å²) in [7, 11) is 3.06. The minimum absolute atomic E-state index is 0.00616. The number of thiophene rings is 1. The van der Waals surface area contributed by atoms with E-state index in [0.29, 0.717) is 24.3 Å². The normalized spacial score (nSPS) is 16.0. The first-order chi connectivity index (χ1) is 19.5. The number of amides is 1. The Morgan fingerprint density at radius 3 is 2.52 bits per heavy atom. The van der Waals surface area contributed by atoms with Gasteiger partial charge < -0.3 is 19.1 Å². The molecule has 1 aliphatic heterocycles. The van der Waals surface area contributed by atoms with Crippen molar-refractivity contribution in [3.05, 3.63) is 93.7 Å². The molecule has 0 N–H and O–H groups in total. The highest BCUT2D eigenvalue weighted by molar-refractivity contribution is 7.13. The second kappa shape index (κ2) is 14.8. The van der Waals surface area contributed by atoms with Gasteiger partial charge in [0.25, 0.3) is 0 Å². The van der Waals surface area contributed by atoms with Gasteiger partial charge in [-0.2, -0.15) is 0 Å². The van der Waals surface area contributed by atoms with Crippen molar-refractivity contribution in [2.75, 3.05) is 19.1 Å². The fraction of sp³-hybridized carbons (Fsp3) is 0.394. The summed E-state index contributed by atoms with van der Waals surface area (Å²) in [6, 6.07) is 20.0. The molecule has 1 aromatic heterocycles. The summed E-state index contributed by atoms with van der Waals surface area (Å²) in [4.78, 5) is 28.1.